The van der Waals surface area contributed by atoms with E-state index >= 15 is 0 Å². The molecule has 104 valence electrons. The second-order valence-corrected chi connectivity index (χ2v) is 4.98. The first kappa shape index (κ1) is 13.7. The van der Waals surface area contributed by atoms with Gasteiger partial charge in [-0.2, -0.15) is 0 Å². The number of rotatable bonds is 5. The number of anilines is 1. The van der Waals surface area contributed by atoms with Gasteiger partial charge in [-0.15, -0.1) is 0 Å². The molecule has 1 fully saturated rings. The number of carbonyl (C=O) groups is 1. The largest absolute Gasteiger partial charge is 0.497 e. The van der Waals surface area contributed by atoms with E-state index in [1.54, 1.807) is 7.11 Å². The van der Waals surface area contributed by atoms with Gasteiger partial charge in [-0.05, 0) is 43.0 Å². The van der Waals surface area contributed by atoms with Crippen molar-refractivity contribution in [3.63, 3.8) is 0 Å². The zero-order chi connectivity index (χ0) is 13.8. The Morgan fingerprint density at radius 1 is 1.53 bits per heavy atom. The molecule has 0 bridgehead atoms. The Balaban J connectivity index is 1.92. The normalized spacial score (nSPS) is 20.3. The molecule has 3 N–H and O–H groups in total. The Labute approximate surface area is 113 Å². The van der Waals surface area contributed by atoms with Gasteiger partial charge in [-0.1, -0.05) is 0 Å². The molecule has 1 aromatic rings. The van der Waals surface area contributed by atoms with E-state index in [1.165, 1.54) is 0 Å². The number of nitrogens with zero attached hydrogens (tertiary/aromatic N) is 1. The van der Waals surface area contributed by atoms with Crippen LogP contribution < -0.4 is 15.4 Å². The molecule has 0 spiro atoms. The molecule has 5 nitrogen and oxygen atoms in total. The van der Waals surface area contributed by atoms with E-state index in [2.05, 4.69) is 4.90 Å². The van der Waals surface area contributed by atoms with E-state index in [9.17, 15) is 4.79 Å². The van der Waals surface area contributed by atoms with Gasteiger partial charge in [0.1, 0.15) is 11.8 Å². The van der Waals surface area contributed by atoms with Gasteiger partial charge < -0.3 is 20.5 Å². The van der Waals surface area contributed by atoms with Crippen molar-refractivity contribution >= 4 is 11.7 Å². The summed E-state index contributed by atoms with van der Waals surface area (Å²) in [5.74, 6) is 0.281. The highest BCUT2D eigenvalue weighted by atomic mass is 16.5. The molecule has 0 aliphatic carbocycles. The van der Waals surface area contributed by atoms with Gasteiger partial charge in [0.2, 0.25) is 0 Å². The third-order valence-corrected chi connectivity index (χ3v) is 3.63. The lowest BCUT2D eigenvalue weighted by atomic mass is 10.00. The van der Waals surface area contributed by atoms with Crippen LogP contribution in [0.25, 0.3) is 0 Å². The number of carboxylic acid groups (broad SMARTS) is 1. The predicted molar refractivity (Wildman–Crippen MR) is 73.5 cm³/mol. The summed E-state index contributed by atoms with van der Waals surface area (Å²) < 4.78 is 5.13. The minimum atomic E-state index is -0.914. The number of methoxy groups -OCH3 is 1. The Hall–Kier alpha value is -1.75. The van der Waals surface area contributed by atoms with Gasteiger partial charge in [0.15, 0.2) is 0 Å². The van der Waals surface area contributed by atoms with Gasteiger partial charge in [-0.25, -0.2) is 0 Å². The second-order valence-electron chi connectivity index (χ2n) is 4.98. The summed E-state index contributed by atoms with van der Waals surface area (Å²) in [6.45, 7) is 1.82. The van der Waals surface area contributed by atoms with E-state index in [1.807, 2.05) is 24.3 Å². The van der Waals surface area contributed by atoms with Crippen molar-refractivity contribution in [2.75, 3.05) is 25.1 Å². The van der Waals surface area contributed by atoms with Crippen LogP contribution in [-0.4, -0.2) is 37.3 Å². The summed E-state index contributed by atoms with van der Waals surface area (Å²) in [5, 5.41) is 8.83. The van der Waals surface area contributed by atoms with Gasteiger partial charge in [0, 0.05) is 18.8 Å². The quantitative estimate of drug-likeness (QED) is 0.839. The maximum Gasteiger partial charge on any atom is 0.320 e. The fourth-order valence-electron chi connectivity index (χ4n) is 2.51. The molecule has 1 aliphatic rings. The number of benzene rings is 1. The molecule has 2 atom stereocenters. The first-order valence-electron chi connectivity index (χ1n) is 6.47. The Morgan fingerprint density at radius 3 is 2.79 bits per heavy atom. The van der Waals surface area contributed by atoms with E-state index in [4.69, 9.17) is 15.6 Å². The van der Waals surface area contributed by atoms with Crippen molar-refractivity contribution in [2.45, 2.75) is 18.9 Å². The lowest BCUT2D eigenvalue weighted by Crippen LogP contribution is -2.33. The number of hydrogen-bond acceptors (Lipinski definition) is 4. The van der Waals surface area contributed by atoms with E-state index in [0.29, 0.717) is 12.3 Å². The van der Waals surface area contributed by atoms with E-state index in [0.717, 1.165) is 30.9 Å². The highest BCUT2D eigenvalue weighted by molar-refractivity contribution is 5.73. The van der Waals surface area contributed by atoms with Crippen molar-refractivity contribution in [3.05, 3.63) is 24.3 Å². The molecule has 1 aliphatic heterocycles. The summed E-state index contributed by atoms with van der Waals surface area (Å²) in [6.07, 6.45) is 1.54. The number of hydrogen-bond donors (Lipinski definition) is 2. The van der Waals surface area contributed by atoms with Crippen molar-refractivity contribution in [1.82, 2.24) is 0 Å². The first-order valence-corrected chi connectivity index (χ1v) is 6.47. The van der Waals surface area contributed by atoms with E-state index < -0.39 is 12.0 Å². The Morgan fingerprint density at radius 2 is 2.21 bits per heavy atom. The van der Waals surface area contributed by atoms with Crippen molar-refractivity contribution in [2.24, 2.45) is 11.7 Å². The number of ether oxygens (including phenoxy) is 1. The highest BCUT2D eigenvalue weighted by Gasteiger charge is 2.26. The Kier molecular flexibility index (Phi) is 4.27. The molecule has 2 unspecified atom stereocenters. The lowest BCUT2D eigenvalue weighted by Gasteiger charge is -2.19. The van der Waals surface area contributed by atoms with Gasteiger partial charge in [0.25, 0.3) is 0 Å². The van der Waals surface area contributed by atoms with Crippen LogP contribution in [-0.2, 0) is 4.79 Å². The molecule has 1 saturated heterocycles. The highest BCUT2D eigenvalue weighted by Crippen LogP contribution is 2.27. The second kappa shape index (κ2) is 5.93. The molecule has 0 aromatic heterocycles. The molecular weight excluding hydrogens is 244 g/mol. The van der Waals surface area contributed by atoms with Crippen LogP contribution >= 0.6 is 0 Å². The maximum absolute atomic E-state index is 10.8. The van der Waals surface area contributed by atoms with Gasteiger partial charge in [-0.3, -0.25) is 4.79 Å². The molecule has 0 amide bonds. The van der Waals surface area contributed by atoms with Gasteiger partial charge in [0.05, 0.1) is 7.11 Å². The summed E-state index contributed by atoms with van der Waals surface area (Å²) >= 11 is 0. The molecule has 1 heterocycles. The maximum atomic E-state index is 10.8. The predicted octanol–water partition coefficient (Wildman–Crippen LogP) is 1.32. The van der Waals surface area contributed by atoms with E-state index in [-0.39, 0.29) is 0 Å². The number of carboxylic acids is 1. The average molecular weight is 264 g/mol. The molecule has 19 heavy (non-hydrogen) atoms. The third kappa shape index (κ3) is 3.38. The number of nitrogens with two attached hydrogens (primary N) is 1. The monoisotopic (exact) mass is 264 g/mol. The first-order chi connectivity index (χ1) is 9.10. The fraction of sp³-hybridized carbons (Fsp3) is 0.500. The SMILES string of the molecule is COc1ccc(N2CCC(CC(N)C(=O)O)C2)cc1. The minimum absolute atomic E-state index is 0.355. The Bertz CT molecular complexity index is 433. The molecule has 2 rings (SSSR count). The van der Waals surface area contributed by atoms with Crippen LogP contribution in [0.4, 0.5) is 5.69 Å². The zero-order valence-corrected chi connectivity index (χ0v) is 11.1. The van der Waals surface area contributed by atoms with Crippen molar-refractivity contribution < 1.29 is 14.6 Å². The molecule has 0 radical (unpaired) electrons. The molecular formula is C14H20N2O3. The smallest absolute Gasteiger partial charge is 0.320 e. The summed E-state index contributed by atoms with van der Waals surface area (Å²) in [6, 6.07) is 7.18. The summed E-state index contributed by atoms with van der Waals surface area (Å²) in [7, 11) is 1.65. The van der Waals surface area contributed by atoms with Crippen LogP contribution in [0.15, 0.2) is 24.3 Å². The minimum Gasteiger partial charge on any atom is -0.497 e. The fourth-order valence-corrected chi connectivity index (χ4v) is 2.51. The number of aliphatic carboxylic acids is 1. The molecule has 0 saturated carbocycles. The van der Waals surface area contributed by atoms with Crippen LogP contribution in [0.2, 0.25) is 0 Å². The van der Waals surface area contributed by atoms with Gasteiger partial charge >= 0.3 is 5.97 Å². The third-order valence-electron chi connectivity index (χ3n) is 3.63. The summed E-state index contributed by atoms with van der Waals surface area (Å²) in [5.41, 5.74) is 6.73. The standard InChI is InChI=1S/C14H20N2O3/c1-19-12-4-2-11(3-5-12)16-7-6-10(9-16)8-13(15)14(17)18/h2-5,10,13H,6-9,15H2,1H3,(H,17,18). The van der Waals surface area contributed by atoms with Crippen molar-refractivity contribution in [3.8, 4) is 5.75 Å². The summed E-state index contributed by atoms with van der Waals surface area (Å²) in [4.78, 5) is 13.0. The average Bonchev–Trinajstić information content (AvgIpc) is 2.87. The van der Waals surface area contributed by atoms with Crippen LogP contribution in [0, 0.1) is 5.92 Å². The van der Waals surface area contributed by atoms with Crippen LogP contribution in [0.1, 0.15) is 12.8 Å². The topological polar surface area (TPSA) is 75.8 Å². The van der Waals surface area contributed by atoms with Crippen LogP contribution in [0.5, 0.6) is 5.75 Å². The lowest BCUT2D eigenvalue weighted by molar-refractivity contribution is -0.138. The molecule has 1 aromatic carbocycles. The molecule has 5 heteroatoms. The van der Waals surface area contributed by atoms with Crippen LogP contribution in [0.3, 0.4) is 0 Å². The van der Waals surface area contributed by atoms with Crippen molar-refractivity contribution in [1.29, 1.82) is 0 Å². The zero-order valence-electron chi connectivity index (χ0n) is 11.1.